The summed E-state index contributed by atoms with van der Waals surface area (Å²) >= 11 is 3.32. The SMILES string of the molecule is O=C(O)CCCNC(=O)CCn1cnc2ccc(Br)cc2c1=O. The van der Waals surface area contributed by atoms with Crippen LogP contribution in [0, 0.1) is 0 Å². The molecule has 7 nitrogen and oxygen atoms in total. The molecule has 0 bridgehead atoms. The maximum Gasteiger partial charge on any atom is 0.303 e. The molecule has 2 N–H and O–H groups in total. The monoisotopic (exact) mass is 381 g/mol. The summed E-state index contributed by atoms with van der Waals surface area (Å²) in [5.41, 5.74) is 0.405. The number of hydrogen-bond acceptors (Lipinski definition) is 4. The van der Waals surface area contributed by atoms with Crippen molar-refractivity contribution in [2.45, 2.75) is 25.8 Å². The summed E-state index contributed by atoms with van der Waals surface area (Å²) in [7, 11) is 0. The van der Waals surface area contributed by atoms with E-state index in [1.54, 1.807) is 12.1 Å². The molecular weight excluding hydrogens is 366 g/mol. The molecule has 0 spiro atoms. The minimum absolute atomic E-state index is 0.0171. The van der Waals surface area contributed by atoms with E-state index in [0.717, 1.165) is 4.47 Å². The van der Waals surface area contributed by atoms with Gasteiger partial charge in [0.2, 0.25) is 5.91 Å². The molecule has 0 saturated carbocycles. The topological polar surface area (TPSA) is 101 Å². The quantitative estimate of drug-likeness (QED) is 0.708. The van der Waals surface area contributed by atoms with Gasteiger partial charge in [0.25, 0.3) is 5.56 Å². The molecule has 122 valence electrons. The van der Waals surface area contributed by atoms with E-state index in [1.807, 2.05) is 6.07 Å². The van der Waals surface area contributed by atoms with Crippen LogP contribution in [0.4, 0.5) is 0 Å². The van der Waals surface area contributed by atoms with E-state index >= 15 is 0 Å². The second-order valence-electron chi connectivity index (χ2n) is 5.00. The zero-order chi connectivity index (χ0) is 16.8. The molecule has 1 aromatic carbocycles. The molecule has 23 heavy (non-hydrogen) atoms. The number of halogens is 1. The van der Waals surface area contributed by atoms with Crippen molar-refractivity contribution in [1.29, 1.82) is 0 Å². The molecule has 2 rings (SSSR count). The molecule has 0 aliphatic heterocycles. The van der Waals surface area contributed by atoms with E-state index < -0.39 is 5.97 Å². The van der Waals surface area contributed by atoms with Crippen molar-refractivity contribution in [3.63, 3.8) is 0 Å². The summed E-state index contributed by atoms with van der Waals surface area (Å²) in [6, 6.07) is 5.26. The molecule has 0 atom stereocenters. The minimum Gasteiger partial charge on any atom is -0.481 e. The van der Waals surface area contributed by atoms with Crippen LogP contribution < -0.4 is 10.9 Å². The van der Waals surface area contributed by atoms with Crippen LogP contribution in [0.2, 0.25) is 0 Å². The molecule has 0 unspecified atom stereocenters. The van der Waals surface area contributed by atoms with Crippen LogP contribution in [-0.2, 0) is 16.1 Å². The minimum atomic E-state index is -0.890. The van der Waals surface area contributed by atoms with Crippen molar-refractivity contribution in [2.24, 2.45) is 0 Å². The zero-order valence-electron chi connectivity index (χ0n) is 12.3. The predicted molar refractivity (Wildman–Crippen MR) is 88.2 cm³/mol. The van der Waals surface area contributed by atoms with Gasteiger partial charge in [-0.2, -0.15) is 0 Å². The molecule has 8 heteroatoms. The summed E-state index contributed by atoms with van der Waals surface area (Å²) in [5.74, 6) is -1.11. The first kappa shape index (κ1) is 17.1. The molecule has 0 aliphatic rings. The summed E-state index contributed by atoms with van der Waals surface area (Å²) in [6.45, 7) is 0.530. The number of hydrogen-bond donors (Lipinski definition) is 2. The van der Waals surface area contributed by atoms with Gasteiger partial charge in [0.1, 0.15) is 0 Å². The van der Waals surface area contributed by atoms with Crippen molar-refractivity contribution in [2.75, 3.05) is 6.54 Å². The van der Waals surface area contributed by atoms with Crippen LogP contribution in [0.25, 0.3) is 10.9 Å². The molecule has 0 aliphatic carbocycles. The lowest BCUT2D eigenvalue weighted by molar-refractivity contribution is -0.137. The van der Waals surface area contributed by atoms with Gasteiger partial charge in [-0.3, -0.25) is 19.0 Å². The zero-order valence-corrected chi connectivity index (χ0v) is 13.9. The standard InChI is InChI=1S/C15H16BrN3O4/c16-10-3-4-12-11(8-10)15(23)19(9-18-12)7-5-13(20)17-6-1-2-14(21)22/h3-4,8-9H,1-2,5-7H2,(H,17,20)(H,21,22). The number of rotatable bonds is 7. The highest BCUT2D eigenvalue weighted by Crippen LogP contribution is 2.14. The van der Waals surface area contributed by atoms with E-state index in [1.165, 1.54) is 10.9 Å². The predicted octanol–water partition coefficient (Wildman–Crippen LogP) is 1.53. The number of fused-ring (bicyclic) bond motifs is 1. The number of carbonyl (C=O) groups is 2. The van der Waals surface area contributed by atoms with Crippen LogP contribution in [0.1, 0.15) is 19.3 Å². The first-order valence-corrected chi connectivity index (χ1v) is 7.90. The maximum atomic E-state index is 12.3. The maximum absolute atomic E-state index is 12.3. The Morgan fingerprint density at radius 1 is 1.30 bits per heavy atom. The Hall–Kier alpha value is -2.22. The number of nitrogens with zero attached hydrogens (tertiary/aromatic N) is 2. The third-order valence-corrected chi connectivity index (χ3v) is 3.75. The second-order valence-corrected chi connectivity index (χ2v) is 5.92. The first-order valence-electron chi connectivity index (χ1n) is 7.10. The fourth-order valence-corrected chi connectivity index (χ4v) is 2.43. The number of aliphatic carboxylic acids is 1. The number of aromatic nitrogens is 2. The Bertz CT molecular complexity index is 788. The number of carbonyl (C=O) groups excluding carboxylic acids is 1. The van der Waals surface area contributed by atoms with E-state index in [2.05, 4.69) is 26.2 Å². The highest BCUT2D eigenvalue weighted by molar-refractivity contribution is 9.10. The normalized spacial score (nSPS) is 10.7. The highest BCUT2D eigenvalue weighted by atomic mass is 79.9. The summed E-state index contributed by atoms with van der Waals surface area (Å²) in [4.78, 5) is 38.6. The van der Waals surface area contributed by atoms with Gasteiger partial charge >= 0.3 is 5.97 Å². The van der Waals surface area contributed by atoms with Crippen molar-refractivity contribution in [1.82, 2.24) is 14.9 Å². The first-order chi connectivity index (χ1) is 11.0. The van der Waals surface area contributed by atoms with Crippen LogP contribution in [0.15, 0.2) is 33.8 Å². The van der Waals surface area contributed by atoms with Gasteiger partial charge in [-0.15, -0.1) is 0 Å². The fraction of sp³-hybridized carbons (Fsp3) is 0.333. The van der Waals surface area contributed by atoms with E-state index in [4.69, 9.17) is 5.11 Å². The smallest absolute Gasteiger partial charge is 0.303 e. The van der Waals surface area contributed by atoms with Gasteiger partial charge < -0.3 is 10.4 Å². The molecule has 1 aromatic heterocycles. The number of amides is 1. The van der Waals surface area contributed by atoms with Crippen molar-refractivity contribution in [3.05, 3.63) is 39.4 Å². The van der Waals surface area contributed by atoms with Crippen LogP contribution >= 0.6 is 15.9 Å². The number of carboxylic acid groups (broad SMARTS) is 1. The summed E-state index contributed by atoms with van der Waals surface area (Å²) in [6.07, 6.45) is 1.96. The fourth-order valence-electron chi connectivity index (χ4n) is 2.07. The largest absolute Gasteiger partial charge is 0.481 e. The molecule has 0 saturated heterocycles. The van der Waals surface area contributed by atoms with Gasteiger partial charge in [0, 0.05) is 30.4 Å². The Morgan fingerprint density at radius 2 is 2.09 bits per heavy atom. The Morgan fingerprint density at radius 3 is 2.83 bits per heavy atom. The highest BCUT2D eigenvalue weighted by Gasteiger charge is 2.07. The second kappa shape index (κ2) is 7.87. The summed E-state index contributed by atoms with van der Waals surface area (Å²) in [5, 5.41) is 11.6. The van der Waals surface area contributed by atoms with Crippen LogP contribution in [-0.4, -0.2) is 33.1 Å². The van der Waals surface area contributed by atoms with Gasteiger partial charge in [-0.1, -0.05) is 15.9 Å². The van der Waals surface area contributed by atoms with Gasteiger partial charge in [0.05, 0.1) is 17.2 Å². The van der Waals surface area contributed by atoms with Gasteiger partial charge in [-0.25, -0.2) is 4.98 Å². The number of benzene rings is 1. The number of aryl methyl sites for hydroxylation is 1. The van der Waals surface area contributed by atoms with Crippen molar-refractivity contribution in [3.8, 4) is 0 Å². The van der Waals surface area contributed by atoms with Gasteiger partial charge in [-0.05, 0) is 24.6 Å². The average molecular weight is 382 g/mol. The summed E-state index contributed by atoms with van der Waals surface area (Å²) < 4.78 is 2.18. The average Bonchev–Trinajstić information content (AvgIpc) is 2.51. The lowest BCUT2D eigenvalue weighted by atomic mass is 10.2. The number of carboxylic acids is 1. The molecular formula is C15H16BrN3O4. The van der Waals surface area contributed by atoms with Crippen molar-refractivity contribution < 1.29 is 14.7 Å². The third kappa shape index (κ3) is 4.88. The van der Waals surface area contributed by atoms with Crippen LogP contribution in [0.3, 0.4) is 0 Å². The van der Waals surface area contributed by atoms with Crippen molar-refractivity contribution >= 4 is 38.7 Å². The Kier molecular flexibility index (Phi) is 5.86. The third-order valence-electron chi connectivity index (χ3n) is 3.26. The van der Waals surface area contributed by atoms with E-state index in [9.17, 15) is 14.4 Å². The molecule has 0 radical (unpaired) electrons. The molecule has 0 fully saturated rings. The van der Waals surface area contributed by atoms with E-state index in [0.29, 0.717) is 23.9 Å². The lowest BCUT2D eigenvalue weighted by Crippen LogP contribution is -2.28. The molecule has 1 amide bonds. The molecule has 2 aromatic rings. The van der Waals surface area contributed by atoms with Gasteiger partial charge in [0.15, 0.2) is 0 Å². The van der Waals surface area contributed by atoms with Crippen LogP contribution in [0.5, 0.6) is 0 Å². The Labute approximate surface area is 140 Å². The van der Waals surface area contributed by atoms with E-state index in [-0.39, 0.29) is 30.9 Å². The lowest BCUT2D eigenvalue weighted by Gasteiger charge is -2.07. The molecule has 1 heterocycles. The number of nitrogens with one attached hydrogen (secondary N) is 1. The Balaban J connectivity index is 1.94.